The molecule has 0 aliphatic heterocycles. The van der Waals surface area contributed by atoms with E-state index in [0.29, 0.717) is 17.9 Å². The van der Waals surface area contributed by atoms with Gasteiger partial charge in [-0.15, -0.1) is 0 Å². The fourth-order valence-electron chi connectivity index (χ4n) is 2.89. The third kappa shape index (κ3) is 7.86. The van der Waals surface area contributed by atoms with E-state index in [4.69, 9.17) is 4.74 Å². The first-order valence-electron chi connectivity index (χ1n) is 10.3. The molecule has 2 aromatic rings. The first-order chi connectivity index (χ1) is 13.2. The summed E-state index contributed by atoms with van der Waals surface area (Å²) in [5, 5.41) is 10.2. The van der Waals surface area contributed by atoms with Crippen molar-refractivity contribution in [2.75, 3.05) is 6.61 Å². The van der Waals surface area contributed by atoms with Crippen LogP contribution < -0.4 is 4.74 Å². The molecule has 0 bridgehead atoms. The highest BCUT2D eigenvalue weighted by Crippen LogP contribution is 2.23. The number of hydrogen-bond donors (Lipinski definition) is 1. The van der Waals surface area contributed by atoms with Crippen LogP contribution in [-0.2, 0) is 6.42 Å². The molecule has 146 valence electrons. The van der Waals surface area contributed by atoms with Crippen LogP contribution in [0.3, 0.4) is 0 Å². The van der Waals surface area contributed by atoms with E-state index >= 15 is 0 Å². The molecule has 0 radical (unpaired) electrons. The topological polar surface area (TPSA) is 41.8 Å². The minimum absolute atomic E-state index is 0.196. The third-order valence-corrected chi connectivity index (χ3v) is 4.63. The Morgan fingerprint density at radius 3 is 2.33 bits per heavy atom. The molecular formula is C24H33NO2. The molecule has 3 nitrogen and oxygen atoms in total. The van der Waals surface area contributed by atoms with Crippen molar-refractivity contribution in [1.82, 2.24) is 0 Å². The standard InChI is InChI=1S/C24H33NO2/c1-3-5-7-8-9-17-27-23-16-13-21(24(26)18-23)19-25-22-14-11-20(12-15-22)10-6-4-2/h11-16,18-19,26H,3-10,17H2,1-2H3. The molecule has 0 aliphatic rings. The Morgan fingerprint density at radius 1 is 0.889 bits per heavy atom. The lowest BCUT2D eigenvalue weighted by Gasteiger charge is -2.07. The molecule has 0 spiro atoms. The smallest absolute Gasteiger partial charge is 0.128 e. The summed E-state index contributed by atoms with van der Waals surface area (Å²) in [6, 6.07) is 13.7. The van der Waals surface area contributed by atoms with E-state index in [0.717, 1.165) is 18.5 Å². The molecule has 0 aliphatic carbocycles. The summed E-state index contributed by atoms with van der Waals surface area (Å²) in [6.45, 7) is 5.11. The van der Waals surface area contributed by atoms with E-state index < -0.39 is 0 Å². The van der Waals surface area contributed by atoms with Crippen molar-refractivity contribution in [3.8, 4) is 11.5 Å². The molecule has 0 fully saturated rings. The van der Waals surface area contributed by atoms with E-state index in [1.165, 1.54) is 44.1 Å². The molecule has 0 atom stereocenters. The van der Waals surface area contributed by atoms with Crippen LogP contribution in [-0.4, -0.2) is 17.9 Å². The third-order valence-electron chi connectivity index (χ3n) is 4.63. The highest BCUT2D eigenvalue weighted by molar-refractivity contribution is 5.85. The molecule has 1 N–H and O–H groups in total. The number of hydrogen-bond acceptors (Lipinski definition) is 3. The molecule has 2 aromatic carbocycles. The number of phenols is 1. The van der Waals surface area contributed by atoms with Gasteiger partial charge in [-0.05, 0) is 49.1 Å². The average molecular weight is 368 g/mol. The van der Waals surface area contributed by atoms with Gasteiger partial charge in [-0.3, -0.25) is 4.99 Å². The fraction of sp³-hybridized carbons (Fsp3) is 0.458. The lowest BCUT2D eigenvalue weighted by Crippen LogP contribution is -1.97. The van der Waals surface area contributed by atoms with Crippen LogP contribution in [0.5, 0.6) is 11.5 Å². The zero-order valence-corrected chi connectivity index (χ0v) is 16.8. The number of unbranched alkanes of at least 4 members (excludes halogenated alkanes) is 5. The molecule has 2 rings (SSSR count). The molecule has 0 amide bonds. The zero-order chi connectivity index (χ0) is 19.3. The summed E-state index contributed by atoms with van der Waals surface area (Å²) in [5.41, 5.74) is 2.93. The molecule has 3 heteroatoms. The maximum absolute atomic E-state index is 10.2. The van der Waals surface area contributed by atoms with E-state index in [-0.39, 0.29) is 5.75 Å². The monoisotopic (exact) mass is 367 g/mol. The summed E-state index contributed by atoms with van der Waals surface area (Å²) in [4.78, 5) is 4.47. The highest BCUT2D eigenvalue weighted by Gasteiger charge is 2.02. The normalized spacial score (nSPS) is 11.2. The Balaban J connectivity index is 1.85. The van der Waals surface area contributed by atoms with Gasteiger partial charge < -0.3 is 9.84 Å². The van der Waals surface area contributed by atoms with Crippen molar-refractivity contribution in [3.63, 3.8) is 0 Å². The summed E-state index contributed by atoms with van der Waals surface area (Å²) in [6.07, 6.45) is 11.3. The number of aromatic hydroxyl groups is 1. The Bertz CT molecular complexity index is 692. The van der Waals surface area contributed by atoms with Gasteiger partial charge in [-0.1, -0.05) is 58.1 Å². The molecule has 0 saturated heterocycles. The van der Waals surface area contributed by atoms with Crippen molar-refractivity contribution in [3.05, 3.63) is 53.6 Å². The summed E-state index contributed by atoms with van der Waals surface area (Å²) in [7, 11) is 0. The first-order valence-corrected chi connectivity index (χ1v) is 10.3. The van der Waals surface area contributed by atoms with Crippen molar-refractivity contribution in [2.45, 2.75) is 65.2 Å². The van der Waals surface area contributed by atoms with Crippen LogP contribution in [0.4, 0.5) is 5.69 Å². The van der Waals surface area contributed by atoms with Crippen LogP contribution >= 0.6 is 0 Å². The zero-order valence-electron chi connectivity index (χ0n) is 16.8. The fourth-order valence-corrected chi connectivity index (χ4v) is 2.89. The van der Waals surface area contributed by atoms with Gasteiger partial charge in [0, 0.05) is 17.8 Å². The Labute approximate surface area is 164 Å². The van der Waals surface area contributed by atoms with Gasteiger partial charge in [0.25, 0.3) is 0 Å². The van der Waals surface area contributed by atoms with Gasteiger partial charge in [-0.2, -0.15) is 0 Å². The van der Waals surface area contributed by atoms with E-state index in [2.05, 4.69) is 31.0 Å². The second-order valence-corrected chi connectivity index (χ2v) is 7.01. The van der Waals surface area contributed by atoms with Crippen LogP contribution in [0.2, 0.25) is 0 Å². The van der Waals surface area contributed by atoms with Gasteiger partial charge in [0.05, 0.1) is 12.3 Å². The van der Waals surface area contributed by atoms with Gasteiger partial charge in [-0.25, -0.2) is 0 Å². The SMILES string of the molecule is CCCCCCCOc1ccc(C=Nc2ccc(CCCC)cc2)c(O)c1. The number of rotatable bonds is 12. The van der Waals surface area contributed by atoms with Crippen molar-refractivity contribution >= 4 is 11.9 Å². The van der Waals surface area contributed by atoms with E-state index in [1.54, 1.807) is 12.3 Å². The van der Waals surface area contributed by atoms with E-state index in [9.17, 15) is 5.11 Å². The number of phenolic OH excluding ortho intramolecular Hbond substituents is 1. The van der Waals surface area contributed by atoms with Gasteiger partial charge in [0.15, 0.2) is 0 Å². The van der Waals surface area contributed by atoms with Crippen molar-refractivity contribution < 1.29 is 9.84 Å². The molecule has 0 aromatic heterocycles. The average Bonchev–Trinajstić information content (AvgIpc) is 2.69. The van der Waals surface area contributed by atoms with Crippen molar-refractivity contribution in [2.24, 2.45) is 4.99 Å². The molecular weight excluding hydrogens is 334 g/mol. The van der Waals surface area contributed by atoms with Crippen LogP contribution in [0, 0.1) is 0 Å². The Hall–Kier alpha value is -2.29. The van der Waals surface area contributed by atoms with Gasteiger partial charge >= 0.3 is 0 Å². The lowest BCUT2D eigenvalue weighted by molar-refractivity contribution is 0.303. The summed E-state index contributed by atoms with van der Waals surface area (Å²) < 4.78 is 5.73. The first kappa shape index (κ1) is 21.0. The predicted molar refractivity (Wildman–Crippen MR) is 115 cm³/mol. The minimum atomic E-state index is 0.196. The number of aryl methyl sites for hydroxylation is 1. The van der Waals surface area contributed by atoms with Crippen LogP contribution in [0.1, 0.15) is 69.9 Å². The molecule has 0 unspecified atom stereocenters. The molecule has 0 saturated carbocycles. The predicted octanol–water partition coefficient (Wildman–Crippen LogP) is 6.83. The van der Waals surface area contributed by atoms with E-state index in [1.807, 2.05) is 24.3 Å². The number of ether oxygens (including phenoxy) is 1. The Morgan fingerprint density at radius 2 is 1.63 bits per heavy atom. The van der Waals surface area contributed by atoms with Crippen molar-refractivity contribution in [1.29, 1.82) is 0 Å². The van der Waals surface area contributed by atoms with Crippen LogP contribution in [0.15, 0.2) is 47.5 Å². The molecule has 27 heavy (non-hydrogen) atoms. The van der Waals surface area contributed by atoms with Gasteiger partial charge in [0.2, 0.25) is 0 Å². The minimum Gasteiger partial charge on any atom is -0.507 e. The molecule has 0 heterocycles. The second kappa shape index (κ2) is 12.2. The lowest BCUT2D eigenvalue weighted by atomic mass is 10.1. The maximum Gasteiger partial charge on any atom is 0.128 e. The quantitative estimate of drug-likeness (QED) is 0.330. The number of nitrogens with zero attached hydrogens (tertiary/aromatic N) is 1. The number of aliphatic imine (C=N–C) groups is 1. The highest BCUT2D eigenvalue weighted by atomic mass is 16.5. The largest absolute Gasteiger partial charge is 0.507 e. The Kier molecular flexibility index (Phi) is 9.47. The number of benzene rings is 2. The van der Waals surface area contributed by atoms with Crippen LogP contribution in [0.25, 0.3) is 0 Å². The second-order valence-electron chi connectivity index (χ2n) is 7.01. The maximum atomic E-state index is 10.2. The summed E-state index contributed by atoms with van der Waals surface area (Å²) >= 11 is 0. The van der Waals surface area contributed by atoms with Gasteiger partial charge in [0.1, 0.15) is 11.5 Å². The summed E-state index contributed by atoms with van der Waals surface area (Å²) in [5.74, 6) is 0.905.